The Kier molecular flexibility index (Phi) is 4.37. The first-order valence-electron chi connectivity index (χ1n) is 6.72. The van der Waals surface area contributed by atoms with Gasteiger partial charge in [0.15, 0.2) is 0 Å². The number of hydrogen-bond acceptors (Lipinski definition) is 2. The number of nitrogens with zero attached hydrogens (tertiary/aromatic N) is 1. The van der Waals surface area contributed by atoms with Crippen molar-refractivity contribution in [1.29, 1.82) is 0 Å². The van der Waals surface area contributed by atoms with Crippen LogP contribution in [0.2, 0.25) is 0 Å². The topological polar surface area (TPSA) is 29.5 Å². The van der Waals surface area contributed by atoms with Crippen molar-refractivity contribution < 1.29 is 13.9 Å². The van der Waals surface area contributed by atoms with Crippen LogP contribution in [0, 0.1) is 5.82 Å². The molecule has 1 unspecified atom stereocenters. The van der Waals surface area contributed by atoms with Crippen LogP contribution in [-0.2, 0) is 4.74 Å². The Labute approximate surface area is 127 Å². The highest BCUT2D eigenvalue weighted by molar-refractivity contribution is 9.10. The smallest absolute Gasteiger partial charge is 0.410 e. The maximum Gasteiger partial charge on any atom is 0.410 e. The number of rotatable bonds is 1. The van der Waals surface area contributed by atoms with E-state index in [9.17, 15) is 9.18 Å². The molecule has 2 rings (SSSR count). The second kappa shape index (κ2) is 5.72. The molecule has 1 aromatic rings. The van der Waals surface area contributed by atoms with E-state index in [1.54, 1.807) is 17.0 Å². The quantitative estimate of drug-likeness (QED) is 0.742. The summed E-state index contributed by atoms with van der Waals surface area (Å²) in [5.74, 6) is -0.292. The summed E-state index contributed by atoms with van der Waals surface area (Å²) >= 11 is 3.24. The minimum absolute atomic E-state index is 0.238. The standard InChI is InChI=1S/C15H19BrFNO2/c1-15(2,3)20-14(19)18-8-4-5-13(18)11-7-6-10(16)9-12(11)17/h6-7,9,13H,4-5,8H2,1-3H3. The minimum Gasteiger partial charge on any atom is -0.444 e. The number of carbonyl (C=O) groups is 1. The summed E-state index contributed by atoms with van der Waals surface area (Å²) in [6, 6.07) is 4.72. The number of carbonyl (C=O) groups excluding carboxylic acids is 1. The van der Waals surface area contributed by atoms with Gasteiger partial charge in [-0.2, -0.15) is 0 Å². The van der Waals surface area contributed by atoms with Crippen molar-refractivity contribution >= 4 is 22.0 Å². The number of hydrogen-bond donors (Lipinski definition) is 0. The summed E-state index contributed by atoms with van der Waals surface area (Å²) in [5.41, 5.74) is 0.0132. The first-order valence-corrected chi connectivity index (χ1v) is 7.52. The van der Waals surface area contributed by atoms with Crippen LogP contribution in [-0.4, -0.2) is 23.1 Å². The maximum atomic E-state index is 14.1. The summed E-state index contributed by atoms with van der Waals surface area (Å²) in [4.78, 5) is 13.8. The largest absolute Gasteiger partial charge is 0.444 e. The van der Waals surface area contributed by atoms with Gasteiger partial charge in [-0.1, -0.05) is 22.0 Å². The highest BCUT2D eigenvalue weighted by Gasteiger charge is 2.34. The zero-order chi connectivity index (χ0) is 14.9. The number of halogens is 2. The zero-order valence-electron chi connectivity index (χ0n) is 12.0. The molecule has 5 heteroatoms. The van der Waals surface area contributed by atoms with Crippen LogP contribution >= 0.6 is 15.9 Å². The van der Waals surface area contributed by atoms with E-state index in [1.807, 2.05) is 20.8 Å². The van der Waals surface area contributed by atoms with Gasteiger partial charge in [0.25, 0.3) is 0 Å². The molecule has 1 saturated heterocycles. The molecule has 1 atom stereocenters. The molecule has 1 fully saturated rings. The number of amides is 1. The predicted molar refractivity (Wildman–Crippen MR) is 79.0 cm³/mol. The van der Waals surface area contributed by atoms with E-state index in [0.29, 0.717) is 16.6 Å². The molecular weight excluding hydrogens is 325 g/mol. The first-order chi connectivity index (χ1) is 9.28. The van der Waals surface area contributed by atoms with E-state index in [4.69, 9.17) is 4.74 Å². The van der Waals surface area contributed by atoms with E-state index < -0.39 is 5.60 Å². The van der Waals surface area contributed by atoms with Crippen LogP contribution in [0.15, 0.2) is 22.7 Å². The molecule has 0 N–H and O–H groups in total. The fourth-order valence-corrected chi connectivity index (χ4v) is 2.73. The van der Waals surface area contributed by atoms with Crippen molar-refractivity contribution in [2.75, 3.05) is 6.54 Å². The average molecular weight is 344 g/mol. The summed E-state index contributed by atoms with van der Waals surface area (Å²) < 4.78 is 20.2. The van der Waals surface area contributed by atoms with Crippen molar-refractivity contribution in [3.63, 3.8) is 0 Å². The lowest BCUT2D eigenvalue weighted by molar-refractivity contribution is 0.0222. The van der Waals surface area contributed by atoms with Gasteiger partial charge in [-0.15, -0.1) is 0 Å². The van der Waals surface area contributed by atoms with Gasteiger partial charge in [-0.05, 0) is 45.7 Å². The SMILES string of the molecule is CC(C)(C)OC(=O)N1CCCC1c1ccc(Br)cc1F. The molecule has 0 radical (unpaired) electrons. The molecule has 1 aliphatic rings. The van der Waals surface area contributed by atoms with Gasteiger partial charge in [0.1, 0.15) is 11.4 Å². The molecule has 20 heavy (non-hydrogen) atoms. The molecule has 1 aromatic carbocycles. The summed E-state index contributed by atoms with van der Waals surface area (Å²) in [7, 11) is 0. The number of ether oxygens (including phenoxy) is 1. The fourth-order valence-electron chi connectivity index (χ4n) is 2.40. The maximum absolute atomic E-state index is 14.1. The van der Waals surface area contributed by atoms with E-state index >= 15 is 0 Å². The van der Waals surface area contributed by atoms with E-state index in [0.717, 1.165) is 12.8 Å². The van der Waals surface area contributed by atoms with Gasteiger partial charge < -0.3 is 9.64 Å². The summed E-state index contributed by atoms with van der Waals surface area (Å²) in [6.45, 7) is 6.09. The lowest BCUT2D eigenvalue weighted by Crippen LogP contribution is -2.36. The Bertz CT molecular complexity index is 513. The Hall–Kier alpha value is -1.10. The predicted octanol–water partition coefficient (Wildman–Crippen LogP) is 4.66. The van der Waals surface area contributed by atoms with Gasteiger partial charge in [-0.3, -0.25) is 0 Å². The van der Waals surface area contributed by atoms with Crippen LogP contribution in [0.3, 0.4) is 0 Å². The van der Waals surface area contributed by atoms with Crippen LogP contribution in [0.4, 0.5) is 9.18 Å². The van der Waals surface area contributed by atoms with Crippen molar-refractivity contribution in [3.8, 4) is 0 Å². The molecule has 0 aliphatic carbocycles. The van der Waals surface area contributed by atoms with Crippen LogP contribution < -0.4 is 0 Å². The van der Waals surface area contributed by atoms with Crippen LogP contribution in [0.25, 0.3) is 0 Å². The lowest BCUT2D eigenvalue weighted by atomic mass is 10.0. The van der Waals surface area contributed by atoms with Crippen molar-refractivity contribution in [2.24, 2.45) is 0 Å². The highest BCUT2D eigenvalue weighted by Crippen LogP contribution is 2.35. The highest BCUT2D eigenvalue weighted by atomic mass is 79.9. The average Bonchev–Trinajstić information content (AvgIpc) is 2.75. The normalized spacial score (nSPS) is 19.2. The van der Waals surface area contributed by atoms with Crippen molar-refractivity contribution in [3.05, 3.63) is 34.1 Å². The molecule has 1 heterocycles. The molecule has 0 spiro atoms. The Balaban J connectivity index is 2.21. The Morgan fingerprint density at radius 3 is 2.75 bits per heavy atom. The Morgan fingerprint density at radius 1 is 1.45 bits per heavy atom. The second-order valence-electron chi connectivity index (χ2n) is 6.00. The molecule has 110 valence electrons. The molecule has 3 nitrogen and oxygen atoms in total. The number of likely N-dealkylation sites (tertiary alicyclic amines) is 1. The van der Waals surface area contributed by atoms with E-state index in [2.05, 4.69) is 15.9 Å². The molecular formula is C15H19BrFNO2. The first kappa shape index (κ1) is 15.3. The third-order valence-electron chi connectivity index (χ3n) is 3.20. The van der Waals surface area contributed by atoms with E-state index in [-0.39, 0.29) is 18.0 Å². The third kappa shape index (κ3) is 3.51. The van der Waals surface area contributed by atoms with Crippen LogP contribution in [0.5, 0.6) is 0 Å². The minimum atomic E-state index is -0.539. The second-order valence-corrected chi connectivity index (χ2v) is 6.91. The molecule has 0 aromatic heterocycles. The van der Waals surface area contributed by atoms with Crippen molar-refractivity contribution in [1.82, 2.24) is 4.90 Å². The van der Waals surface area contributed by atoms with Gasteiger partial charge in [-0.25, -0.2) is 9.18 Å². The molecule has 1 aliphatic heterocycles. The molecule has 1 amide bonds. The summed E-state index contributed by atoms with van der Waals surface area (Å²) in [6.07, 6.45) is 1.25. The lowest BCUT2D eigenvalue weighted by Gasteiger charge is -2.29. The molecule has 0 bridgehead atoms. The van der Waals surface area contributed by atoms with Gasteiger partial charge >= 0.3 is 6.09 Å². The van der Waals surface area contributed by atoms with Gasteiger partial charge in [0.2, 0.25) is 0 Å². The van der Waals surface area contributed by atoms with E-state index in [1.165, 1.54) is 6.07 Å². The van der Waals surface area contributed by atoms with Crippen LogP contribution in [0.1, 0.15) is 45.2 Å². The van der Waals surface area contributed by atoms with Gasteiger partial charge in [0, 0.05) is 16.6 Å². The third-order valence-corrected chi connectivity index (χ3v) is 3.70. The zero-order valence-corrected chi connectivity index (χ0v) is 13.5. The number of benzene rings is 1. The van der Waals surface area contributed by atoms with Gasteiger partial charge in [0.05, 0.1) is 6.04 Å². The monoisotopic (exact) mass is 343 g/mol. The van der Waals surface area contributed by atoms with Crippen molar-refractivity contribution in [2.45, 2.75) is 45.3 Å². The Morgan fingerprint density at radius 2 is 2.15 bits per heavy atom. The fraction of sp³-hybridized carbons (Fsp3) is 0.533. The molecule has 0 saturated carbocycles. The summed E-state index contributed by atoms with van der Waals surface area (Å²) in [5, 5.41) is 0.